The monoisotopic (exact) mass is 1960 g/mol. The predicted molar refractivity (Wildman–Crippen MR) is 498 cm³/mol. The molecule has 36 nitrogen and oxygen atoms in total. The first-order valence-corrected chi connectivity index (χ1v) is 45.4. The van der Waals surface area contributed by atoms with E-state index in [2.05, 4.69) is 67.0 Å². The standard InChI is InChI=1S/C21H23Br2N4O5P.C21H21N4O5P.C17H14N2O4.C16H10N2O4.C9H7NO.C7H4FNO3/c1-15(32-33(30,25-10-8-22)26-11-9-23)16-6-7-20(27(28)29)21(13-16)31-18-12-17-4-2-3-5-19(17)24-14-18;1-15(30-31(28,23-8-9-23)24-10-11-24)16-6-7-20(25(26)27)21(13-16)29-18-12-17-4-2-3-5-19(17)22-14-18;1-11(20)12-6-7-16(19(21)22)17(9-12)23-14-8-13-4-2-3-5-15(13)18-10-14;19-10-11-5-6-15(18(20)21)16(7-11)22-13-8-12-3-1-2-4-14(12)17-9-13;11-8-5-7-3-1-2-4-9(7)10-6-8;8-6-3-5(4-10)1-2-7(6)9(11)12/h2-7,12-15H,8-11H2,1H3,(H2,25,26,30);2-7,12-15H,8-11H2,1H3;2-11,20H,1H3;1-10H;1-6,11H;1-4H. The van der Waals surface area contributed by atoms with E-state index in [4.69, 9.17) is 33.1 Å². The van der Waals surface area contributed by atoms with Gasteiger partial charge in [0, 0.05) is 118 Å². The molecular formula is C91H79Br2FN14O22P2. The molecule has 41 heteroatoms. The van der Waals surface area contributed by atoms with Gasteiger partial charge in [-0.1, -0.05) is 123 Å². The number of pyridine rings is 5. The number of para-hydroxylation sites is 5. The minimum absolute atomic E-state index is 0.00619. The summed E-state index contributed by atoms with van der Waals surface area (Å²) >= 11 is 6.59. The summed E-state index contributed by atoms with van der Waals surface area (Å²) in [6.45, 7) is 8.99. The van der Waals surface area contributed by atoms with Gasteiger partial charge < -0.3 is 29.2 Å². The number of nitro groups is 5. The van der Waals surface area contributed by atoms with Gasteiger partial charge in [0.2, 0.25) is 28.8 Å². The molecule has 3 unspecified atom stereocenters. The van der Waals surface area contributed by atoms with Crippen LogP contribution in [-0.2, 0) is 18.2 Å². The highest BCUT2D eigenvalue weighted by atomic mass is 79.9. The van der Waals surface area contributed by atoms with Crippen LogP contribution < -0.4 is 29.1 Å². The molecule has 0 spiro atoms. The van der Waals surface area contributed by atoms with Crippen LogP contribution >= 0.6 is 47.2 Å². The van der Waals surface area contributed by atoms with Crippen molar-refractivity contribution in [1.82, 2.24) is 44.4 Å². The van der Waals surface area contributed by atoms with Gasteiger partial charge in [-0.25, -0.2) is 19.5 Å². The molecule has 0 amide bonds. The van der Waals surface area contributed by atoms with Gasteiger partial charge in [-0.05, 0) is 159 Å². The fourth-order valence-electron chi connectivity index (χ4n) is 12.6. The Bertz CT molecular complexity index is 6850. The number of aromatic hydroxyl groups is 1. The number of aldehydes is 2. The minimum Gasteiger partial charge on any atom is -0.506 e. The van der Waals surface area contributed by atoms with Crippen LogP contribution in [0.15, 0.2) is 274 Å². The fourth-order valence-corrected chi connectivity index (χ4v) is 17.6. The molecule has 15 aromatic rings. The van der Waals surface area contributed by atoms with Crippen LogP contribution in [0.1, 0.15) is 76.5 Å². The Morgan fingerprint density at radius 2 is 0.705 bits per heavy atom. The van der Waals surface area contributed by atoms with E-state index in [1.54, 1.807) is 69.3 Å². The highest BCUT2D eigenvalue weighted by molar-refractivity contribution is 9.09. The second kappa shape index (κ2) is 45.3. The Morgan fingerprint density at radius 3 is 1.03 bits per heavy atom. The van der Waals surface area contributed by atoms with Gasteiger partial charge in [-0.2, -0.15) is 4.39 Å². The van der Waals surface area contributed by atoms with E-state index in [1.165, 1.54) is 91.6 Å². The Morgan fingerprint density at radius 1 is 0.409 bits per heavy atom. The number of ether oxygens (including phenoxy) is 4. The van der Waals surface area contributed by atoms with E-state index in [1.807, 2.05) is 131 Å². The van der Waals surface area contributed by atoms with E-state index >= 15 is 0 Å². The molecule has 2 aliphatic heterocycles. The second-order valence-corrected chi connectivity index (χ2v) is 34.6. The van der Waals surface area contributed by atoms with Gasteiger partial charge >= 0.3 is 43.8 Å². The maximum atomic E-state index is 13.3. The summed E-state index contributed by atoms with van der Waals surface area (Å²) in [4.78, 5) is 94.6. The van der Waals surface area contributed by atoms with Gasteiger partial charge in [0.15, 0.2) is 0 Å². The van der Waals surface area contributed by atoms with E-state index < -0.39 is 69.8 Å². The van der Waals surface area contributed by atoms with Crippen LogP contribution in [0, 0.1) is 56.4 Å². The number of carbonyl (C=O) groups excluding carboxylic acids is 2. The van der Waals surface area contributed by atoms with E-state index in [-0.39, 0.29) is 57.1 Å². The van der Waals surface area contributed by atoms with Crippen LogP contribution in [0.4, 0.5) is 32.8 Å². The zero-order chi connectivity index (χ0) is 94.2. The molecule has 0 bridgehead atoms. The van der Waals surface area contributed by atoms with Crippen molar-refractivity contribution in [2.24, 2.45) is 0 Å². The Kier molecular flexibility index (Phi) is 33.2. The molecular weight excluding hydrogens is 1880 g/mol. The van der Waals surface area contributed by atoms with E-state index in [0.717, 1.165) is 92.8 Å². The SMILES string of the molecule is CC(O)c1ccc([N+](=O)[O-])c(Oc2cnc3ccccc3c2)c1.CC(OP(=O)(N1CC1)N1CC1)c1ccc([N+](=O)[O-])c(Oc2cnc3ccccc3c2)c1.CC(OP(=O)(NCCBr)NCCBr)c1ccc([N+](=O)[O-])c(Oc2cnc3ccccc3c2)c1.O=Cc1ccc([N+](=O)[O-])c(F)c1.O=Cc1ccc([N+](=O)[O-])c(Oc2cnc3ccccc3c2)c1.Oc1cnc2ccccc2c1. The number of aliphatic hydroxyl groups excluding tert-OH is 1. The summed E-state index contributed by atoms with van der Waals surface area (Å²) in [6, 6.07) is 66.7. The molecule has 10 aromatic carbocycles. The number of nitrogens with one attached hydrogen (secondary N) is 2. The maximum Gasteiger partial charge on any atom is 0.346 e. The van der Waals surface area contributed by atoms with E-state index in [9.17, 15) is 78.8 Å². The Balaban J connectivity index is 0.000000148. The molecule has 17 rings (SSSR count). The average molecular weight is 1960 g/mol. The minimum atomic E-state index is -3.36. The van der Waals surface area contributed by atoms with Crippen molar-refractivity contribution in [1.29, 1.82) is 0 Å². The lowest BCUT2D eigenvalue weighted by Gasteiger charge is -2.24. The fraction of sp³-hybridized carbons (Fsp3) is 0.154. The summed E-state index contributed by atoms with van der Waals surface area (Å²) in [5.41, 5.74) is 4.90. The number of hydrogen-bond acceptors (Lipinski definition) is 27. The number of carbonyl (C=O) groups is 2. The molecule has 3 atom stereocenters. The molecule has 5 aromatic heterocycles. The molecule has 0 aliphatic carbocycles. The van der Waals surface area contributed by atoms with Crippen molar-refractivity contribution in [3.8, 4) is 51.7 Å². The molecule has 0 saturated carbocycles. The average Bonchev–Trinajstić information content (AvgIpc) is 1.60. The number of benzene rings is 10. The summed E-state index contributed by atoms with van der Waals surface area (Å²) in [6.07, 6.45) is 6.62. The molecule has 2 aliphatic rings. The molecule has 7 heterocycles. The van der Waals surface area contributed by atoms with Gasteiger partial charge in [-0.3, -0.25) is 103 Å². The first kappa shape index (κ1) is 96.7. The van der Waals surface area contributed by atoms with Crippen LogP contribution in [0.3, 0.4) is 0 Å². The number of rotatable bonds is 30. The van der Waals surface area contributed by atoms with Crippen molar-refractivity contribution < 1.29 is 85.9 Å². The van der Waals surface area contributed by atoms with Crippen molar-refractivity contribution in [2.45, 2.75) is 39.1 Å². The highest BCUT2D eigenvalue weighted by Crippen LogP contribution is 2.63. The summed E-state index contributed by atoms with van der Waals surface area (Å²) in [5.74, 6) is 0.951. The molecule has 676 valence electrons. The van der Waals surface area contributed by atoms with Crippen molar-refractivity contribution in [2.75, 3.05) is 49.9 Å². The summed E-state index contributed by atoms with van der Waals surface area (Å²) in [5, 5.41) is 85.5. The highest BCUT2D eigenvalue weighted by Gasteiger charge is 2.50. The third-order valence-electron chi connectivity index (χ3n) is 19.3. The second-order valence-electron chi connectivity index (χ2n) is 28.7. The number of nitro benzene ring substituents is 5. The largest absolute Gasteiger partial charge is 0.506 e. The number of fused-ring (bicyclic) bond motifs is 5. The topological polar surface area (TPSA) is 474 Å². The lowest BCUT2D eigenvalue weighted by Crippen LogP contribution is -2.27. The predicted octanol–water partition coefficient (Wildman–Crippen LogP) is 22.1. The zero-order valence-electron chi connectivity index (χ0n) is 70.0. The molecule has 0 radical (unpaired) electrons. The first-order chi connectivity index (χ1) is 63.5. The van der Waals surface area contributed by atoms with Crippen LogP contribution in [0.2, 0.25) is 0 Å². The third kappa shape index (κ3) is 26.3. The number of aliphatic hydroxyl groups is 1. The van der Waals surface area contributed by atoms with E-state index in [0.29, 0.717) is 81.6 Å². The zero-order valence-corrected chi connectivity index (χ0v) is 74.9. The number of halogens is 3. The summed E-state index contributed by atoms with van der Waals surface area (Å²) in [7, 11) is -6.38. The lowest BCUT2D eigenvalue weighted by atomic mass is 10.1. The van der Waals surface area contributed by atoms with Gasteiger partial charge in [0.1, 0.15) is 41.3 Å². The molecule has 132 heavy (non-hydrogen) atoms. The number of alkyl halides is 2. The smallest absolute Gasteiger partial charge is 0.346 e. The van der Waals surface area contributed by atoms with Crippen LogP contribution in [0.25, 0.3) is 54.5 Å². The number of hydrogen-bond donors (Lipinski definition) is 4. The molecule has 2 fully saturated rings. The van der Waals surface area contributed by atoms with Crippen molar-refractivity contribution in [3.05, 3.63) is 358 Å². The molecule has 2 saturated heterocycles. The Hall–Kier alpha value is -14.3. The van der Waals surface area contributed by atoms with Crippen LogP contribution in [-0.4, -0.2) is 132 Å². The van der Waals surface area contributed by atoms with Crippen molar-refractivity contribution >= 4 is 143 Å². The maximum absolute atomic E-state index is 13.3. The van der Waals surface area contributed by atoms with Crippen molar-refractivity contribution in [3.63, 3.8) is 0 Å². The van der Waals surface area contributed by atoms with Crippen LogP contribution in [0.5, 0.6) is 51.7 Å². The quantitative estimate of drug-likeness (QED) is 0.00811. The Labute approximate surface area is 767 Å². The van der Waals surface area contributed by atoms with Gasteiger partial charge in [0.25, 0.3) is 0 Å². The van der Waals surface area contributed by atoms with Gasteiger partial charge in [0.05, 0.1) is 101 Å². The normalized spacial score (nSPS) is 12.8. The first-order valence-electron chi connectivity index (χ1n) is 40.0. The number of aromatic nitrogens is 5. The number of nitrogens with zero attached hydrogens (tertiary/aromatic N) is 12. The lowest BCUT2D eigenvalue weighted by molar-refractivity contribution is -0.387. The summed E-state index contributed by atoms with van der Waals surface area (Å²) < 4.78 is 77.6. The third-order valence-corrected chi connectivity index (χ3v) is 24.8. The van der Waals surface area contributed by atoms with Gasteiger partial charge in [-0.15, -0.1) is 0 Å². The molecule has 4 N–H and O–H groups in total.